The van der Waals surface area contributed by atoms with Gasteiger partial charge >= 0.3 is 0 Å². The Morgan fingerprint density at radius 2 is 1.71 bits per heavy atom. The number of methoxy groups -OCH3 is 1. The van der Waals surface area contributed by atoms with Gasteiger partial charge in [-0.15, -0.1) is 12.4 Å². The molecule has 0 radical (unpaired) electrons. The fourth-order valence-corrected chi connectivity index (χ4v) is 2.36. The topological polar surface area (TPSA) is 30.8 Å². The number of benzene rings is 2. The summed E-state index contributed by atoms with van der Waals surface area (Å²) >= 11 is 0. The Balaban J connectivity index is 0.00000161. The lowest BCUT2D eigenvalue weighted by Gasteiger charge is -2.17. The molecule has 0 aliphatic carbocycles. The van der Waals surface area contributed by atoms with Crippen LogP contribution in [-0.2, 0) is 6.42 Å². The van der Waals surface area contributed by atoms with Crippen molar-refractivity contribution in [3.05, 3.63) is 59.7 Å². The molecule has 3 nitrogen and oxygen atoms in total. The summed E-state index contributed by atoms with van der Waals surface area (Å²) in [5, 5.41) is 0. The maximum Gasteiger partial charge on any atom is 0.130 e. The zero-order valence-electron chi connectivity index (χ0n) is 11.9. The van der Waals surface area contributed by atoms with Crippen LogP contribution in [0.25, 0.3) is 0 Å². The summed E-state index contributed by atoms with van der Waals surface area (Å²) in [7, 11) is 1.66. The van der Waals surface area contributed by atoms with E-state index >= 15 is 0 Å². The van der Waals surface area contributed by atoms with Gasteiger partial charge in [0.2, 0.25) is 0 Å². The third-order valence-electron chi connectivity index (χ3n) is 3.45. The van der Waals surface area contributed by atoms with Gasteiger partial charge in [-0.05, 0) is 36.2 Å². The molecule has 0 unspecified atom stereocenters. The van der Waals surface area contributed by atoms with E-state index in [1.807, 2.05) is 30.3 Å². The lowest BCUT2D eigenvalue weighted by atomic mass is 9.98. The number of aliphatic imine (C=N–C) groups is 1. The second-order valence-corrected chi connectivity index (χ2v) is 4.70. The first-order valence-corrected chi connectivity index (χ1v) is 6.75. The van der Waals surface area contributed by atoms with Crippen LogP contribution in [0.4, 0.5) is 0 Å². The zero-order chi connectivity index (χ0) is 13.8. The number of fused-ring (bicyclic) bond motifs is 1. The highest BCUT2D eigenvalue weighted by Gasteiger charge is 2.13. The molecule has 1 aliphatic heterocycles. The van der Waals surface area contributed by atoms with Crippen LogP contribution >= 0.6 is 12.4 Å². The van der Waals surface area contributed by atoms with Crippen LogP contribution in [-0.4, -0.2) is 26.0 Å². The number of halogens is 1. The van der Waals surface area contributed by atoms with E-state index in [9.17, 15) is 0 Å². The smallest absolute Gasteiger partial charge is 0.130 e. The minimum Gasteiger partial charge on any atom is -0.497 e. The molecule has 0 saturated heterocycles. The van der Waals surface area contributed by atoms with E-state index in [0.29, 0.717) is 6.61 Å². The highest BCUT2D eigenvalue weighted by Crippen LogP contribution is 2.19. The van der Waals surface area contributed by atoms with Gasteiger partial charge in [0.15, 0.2) is 0 Å². The van der Waals surface area contributed by atoms with Crippen LogP contribution in [0, 0.1) is 0 Å². The third kappa shape index (κ3) is 3.56. The van der Waals surface area contributed by atoms with Crippen LogP contribution in [0.1, 0.15) is 11.1 Å². The molecular formula is C17H18ClNO2. The van der Waals surface area contributed by atoms with Gasteiger partial charge in [-0.3, -0.25) is 4.99 Å². The normalized spacial score (nSPS) is 12.7. The quantitative estimate of drug-likeness (QED) is 0.865. The Labute approximate surface area is 131 Å². The van der Waals surface area contributed by atoms with Crippen molar-refractivity contribution >= 4 is 18.1 Å². The summed E-state index contributed by atoms with van der Waals surface area (Å²) in [6.07, 6.45) is 1.02. The van der Waals surface area contributed by atoms with Crippen LogP contribution in [0.3, 0.4) is 0 Å². The number of ether oxygens (including phenoxy) is 2. The van der Waals surface area contributed by atoms with Crippen LogP contribution in [0.5, 0.6) is 11.5 Å². The van der Waals surface area contributed by atoms with Gasteiger partial charge in [0, 0.05) is 12.1 Å². The highest BCUT2D eigenvalue weighted by atomic mass is 35.5. The maximum absolute atomic E-state index is 5.82. The second-order valence-electron chi connectivity index (χ2n) is 4.70. The van der Waals surface area contributed by atoms with Crippen molar-refractivity contribution < 1.29 is 9.47 Å². The molecule has 0 fully saturated rings. The number of nitrogens with zero attached hydrogens (tertiary/aromatic N) is 1. The van der Waals surface area contributed by atoms with Crippen LogP contribution in [0.15, 0.2) is 53.5 Å². The van der Waals surface area contributed by atoms with Gasteiger partial charge in [-0.1, -0.05) is 24.3 Å². The van der Waals surface area contributed by atoms with Gasteiger partial charge in [-0.25, -0.2) is 0 Å². The molecule has 2 aromatic carbocycles. The van der Waals surface area contributed by atoms with E-state index in [1.54, 1.807) is 7.11 Å². The minimum absolute atomic E-state index is 0. The SMILES string of the molecule is COc1ccc(OCC2=NCCc3ccccc32)cc1.Cl. The Morgan fingerprint density at radius 3 is 2.48 bits per heavy atom. The second kappa shape index (κ2) is 7.14. The Bertz CT molecular complexity index is 623. The molecule has 2 aromatic rings. The number of rotatable bonds is 4. The lowest BCUT2D eigenvalue weighted by Crippen LogP contribution is -2.19. The number of hydrogen-bond acceptors (Lipinski definition) is 3. The monoisotopic (exact) mass is 303 g/mol. The molecule has 110 valence electrons. The summed E-state index contributed by atoms with van der Waals surface area (Å²) in [4.78, 5) is 4.59. The van der Waals surface area contributed by atoms with E-state index in [0.717, 1.165) is 30.2 Å². The lowest BCUT2D eigenvalue weighted by molar-refractivity contribution is 0.373. The average molecular weight is 304 g/mol. The molecule has 0 atom stereocenters. The van der Waals surface area contributed by atoms with E-state index in [1.165, 1.54) is 11.1 Å². The summed E-state index contributed by atoms with van der Waals surface area (Å²) in [6.45, 7) is 1.35. The molecule has 0 saturated carbocycles. The molecule has 0 spiro atoms. The van der Waals surface area contributed by atoms with Crippen molar-refractivity contribution in [3.63, 3.8) is 0 Å². The molecule has 0 N–H and O–H groups in total. The fourth-order valence-electron chi connectivity index (χ4n) is 2.36. The Kier molecular flexibility index (Phi) is 5.23. The largest absolute Gasteiger partial charge is 0.497 e. The average Bonchev–Trinajstić information content (AvgIpc) is 2.53. The van der Waals surface area contributed by atoms with Gasteiger partial charge in [0.25, 0.3) is 0 Å². The molecule has 0 aromatic heterocycles. The van der Waals surface area contributed by atoms with Crippen LogP contribution < -0.4 is 9.47 Å². The molecule has 1 aliphatic rings. The molecule has 1 heterocycles. The summed E-state index contributed by atoms with van der Waals surface area (Å²) in [5.74, 6) is 1.66. The van der Waals surface area contributed by atoms with E-state index in [-0.39, 0.29) is 12.4 Å². The van der Waals surface area contributed by atoms with Crippen molar-refractivity contribution in [3.8, 4) is 11.5 Å². The number of hydrogen-bond donors (Lipinski definition) is 0. The standard InChI is InChI=1S/C17H17NO2.ClH/c1-19-14-6-8-15(9-7-14)20-12-17-16-5-3-2-4-13(16)10-11-18-17;/h2-9H,10-12H2,1H3;1H. The molecule has 4 heteroatoms. The van der Waals surface area contributed by atoms with E-state index in [2.05, 4.69) is 23.2 Å². The van der Waals surface area contributed by atoms with Gasteiger partial charge < -0.3 is 9.47 Å². The van der Waals surface area contributed by atoms with E-state index < -0.39 is 0 Å². The first-order chi connectivity index (χ1) is 9.86. The molecule has 3 rings (SSSR count). The predicted molar refractivity (Wildman–Crippen MR) is 87.3 cm³/mol. The molecule has 0 bridgehead atoms. The highest BCUT2D eigenvalue weighted by molar-refractivity contribution is 6.03. The Morgan fingerprint density at radius 1 is 1.00 bits per heavy atom. The van der Waals surface area contributed by atoms with Gasteiger partial charge in [-0.2, -0.15) is 0 Å². The zero-order valence-corrected chi connectivity index (χ0v) is 12.7. The molecule has 0 amide bonds. The van der Waals surface area contributed by atoms with Crippen molar-refractivity contribution in [1.82, 2.24) is 0 Å². The summed E-state index contributed by atoms with van der Waals surface area (Å²) < 4.78 is 10.9. The van der Waals surface area contributed by atoms with Gasteiger partial charge in [0.05, 0.1) is 12.8 Å². The molecule has 21 heavy (non-hydrogen) atoms. The van der Waals surface area contributed by atoms with Crippen molar-refractivity contribution in [2.75, 3.05) is 20.3 Å². The van der Waals surface area contributed by atoms with Crippen molar-refractivity contribution in [2.45, 2.75) is 6.42 Å². The predicted octanol–water partition coefficient (Wildman–Crippen LogP) is 3.54. The maximum atomic E-state index is 5.82. The minimum atomic E-state index is 0. The fraction of sp³-hybridized carbons (Fsp3) is 0.235. The molecular weight excluding hydrogens is 286 g/mol. The van der Waals surface area contributed by atoms with Gasteiger partial charge in [0.1, 0.15) is 18.1 Å². The first kappa shape index (κ1) is 15.4. The Hall–Kier alpha value is -2.00. The van der Waals surface area contributed by atoms with E-state index in [4.69, 9.17) is 9.47 Å². The first-order valence-electron chi connectivity index (χ1n) is 6.75. The van der Waals surface area contributed by atoms with Crippen molar-refractivity contribution in [1.29, 1.82) is 0 Å². The third-order valence-corrected chi connectivity index (χ3v) is 3.45. The van der Waals surface area contributed by atoms with Crippen molar-refractivity contribution in [2.24, 2.45) is 4.99 Å². The summed E-state index contributed by atoms with van der Waals surface area (Å²) in [6, 6.07) is 16.0. The summed E-state index contributed by atoms with van der Waals surface area (Å²) in [5.41, 5.74) is 3.60. The van der Waals surface area contributed by atoms with Crippen LogP contribution in [0.2, 0.25) is 0 Å².